The summed E-state index contributed by atoms with van der Waals surface area (Å²) < 4.78 is 4.55. The Morgan fingerprint density at radius 3 is 2.20 bits per heavy atom. The average molecular weight is 145 g/mol. The maximum absolute atomic E-state index is 10.4. The molecule has 1 unspecified atom stereocenters. The molecule has 0 heterocycles. The lowest BCUT2D eigenvalue weighted by Gasteiger charge is -2.09. The molecule has 0 aliphatic heterocycles. The van der Waals surface area contributed by atoms with E-state index in [9.17, 15) is 9.59 Å². The quantitative estimate of drug-likeness (QED) is 0.560. The highest BCUT2D eigenvalue weighted by atomic mass is 16.5. The fourth-order valence-corrected chi connectivity index (χ4v) is 0.543. The molecule has 0 aliphatic carbocycles. The monoisotopic (exact) mass is 145 g/mol. The Balaban J connectivity index is 3.83. The Hall–Kier alpha value is -1.06. The maximum Gasteiger partial charge on any atom is 0.303 e. The zero-order valence-corrected chi connectivity index (χ0v) is 6.09. The molecule has 1 atom stereocenters. The van der Waals surface area contributed by atoms with Crippen LogP contribution < -0.4 is 5.73 Å². The van der Waals surface area contributed by atoms with E-state index in [2.05, 4.69) is 4.74 Å². The van der Waals surface area contributed by atoms with E-state index in [1.54, 1.807) is 6.92 Å². The average Bonchev–Trinajstić information content (AvgIpc) is 1.81. The van der Waals surface area contributed by atoms with Gasteiger partial charge in [0.2, 0.25) is 0 Å². The molecular formula is C6H11NO3. The summed E-state index contributed by atoms with van der Waals surface area (Å²) in [5, 5.41) is 0. The SMILES string of the molecule is CCC(OC(C)=O)C(N)=O. The van der Waals surface area contributed by atoms with Gasteiger partial charge in [0.25, 0.3) is 5.91 Å². The zero-order valence-electron chi connectivity index (χ0n) is 6.09. The number of esters is 1. The Kier molecular flexibility index (Phi) is 3.46. The van der Waals surface area contributed by atoms with Gasteiger partial charge in [0.15, 0.2) is 6.10 Å². The van der Waals surface area contributed by atoms with Crippen LogP contribution in [0.15, 0.2) is 0 Å². The minimum atomic E-state index is -0.766. The number of rotatable bonds is 3. The zero-order chi connectivity index (χ0) is 8.15. The van der Waals surface area contributed by atoms with Gasteiger partial charge in [-0.2, -0.15) is 0 Å². The second-order valence-corrected chi connectivity index (χ2v) is 1.91. The van der Waals surface area contributed by atoms with E-state index < -0.39 is 18.0 Å². The second kappa shape index (κ2) is 3.87. The summed E-state index contributed by atoms with van der Waals surface area (Å²) in [5.74, 6) is -1.08. The highest BCUT2D eigenvalue weighted by Gasteiger charge is 2.14. The lowest BCUT2D eigenvalue weighted by Crippen LogP contribution is -2.31. The van der Waals surface area contributed by atoms with Crippen molar-refractivity contribution in [2.24, 2.45) is 5.73 Å². The number of ether oxygens (including phenoxy) is 1. The first-order valence-electron chi connectivity index (χ1n) is 3.04. The number of primary amides is 1. The smallest absolute Gasteiger partial charge is 0.303 e. The van der Waals surface area contributed by atoms with Gasteiger partial charge < -0.3 is 10.5 Å². The lowest BCUT2D eigenvalue weighted by molar-refractivity contribution is -0.152. The second-order valence-electron chi connectivity index (χ2n) is 1.91. The summed E-state index contributed by atoms with van der Waals surface area (Å²) in [6.07, 6.45) is -0.341. The molecule has 0 fully saturated rings. The van der Waals surface area contributed by atoms with Gasteiger partial charge >= 0.3 is 5.97 Å². The van der Waals surface area contributed by atoms with Crippen LogP contribution in [0.3, 0.4) is 0 Å². The molecule has 0 rings (SSSR count). The van der Waals surface area contributed by atoms with Gasteiger partial charge in [0, 0.05) is 6.92 Å². The highest BCUT2D eigenvalue weighted by molar-refractivity contribution is 5.81. The third-order valence-corrected chi connectivity index (χ3v) is 0.996. The van der Waals surface area contributed by atoms with Crippen molar-refractivity contribution in [1.29, 1.82) is 0 Å². The van der Waals surface area contributed by atoms with E-state index in [1.165, 1.54) is 6.92 Å². The lowest BCUT2D eigenvalue weighted by atomic mass is 10.3. The Morgan fingerprint density at radius 2 is 2.10 bits per heavy atom. The van der Waals surface area contributed by atoms with Crippen LogP contribution in [0.2, 0.25) is 0 Å². The summed E-state index contributed by atoms with van der Waals surface area (Å²) in [6.45, 7) is 2.96. The minimum Gasteiger partial charge on any atom is -0.452 e. The molecule has 2 N–H and O–H groups in total. The molecule has 0 aliphatic rings. The fourth-order valence-electron chi connectivity index (χ4n) is 0.543. The molecule has 0 radical (unpaired) electrons. The van der Waals surface area contributed by atoms with Crippen molar-refractivity contribution < 1.29 is 14.3 Å². The molecule has 4 heteroatoms. The van der Waals surface area contributed by atoms with Crippen LogP contribution in [0.5, 0.6) is 0 Å². The Bertz CT molecular complexity index is 144. The van der Waals surface area contributed by atoms with Crippen LogP contribution in [0.4, 0.5) is 0 Å². The van der Waals surface area contributed by atoms with E-state index in [4.69, 9.17) is 5.73 Å². The van der Waals surface area contributed by atoms with Crippen molar-refractivity contribution in [1.82, 2.24) is 0 Å². The molecule has 10 heavy (non-hydrogen) atoms. The molecule has 0 bridgehead atoms. The molecular weight excluding hydrogens is 134 g/mol. The number of hydrogen-bond donors (Lipinski definition) is 1. The first-order chi connectivity index (χ1) is 4.57. The number of carbonyl (C=O) groups is 2. The normalized spacial score (nSPS) is 12.2. The van der Waals surface area contributed by atoms with Crippen LogP contribution in [0, 0.1) is 0 Å². The van der Waals surface area contributed by atoms with Gasteiger partial charge in [-0.25, -0.2) is 0 Å². The molecule has 4 nitrogen and oxygen atoms in total. The van der Waals surface area contributed by atoms with Crippen LogP contribution in [-0.2, 0) is 14.3 Å². The van der Waals surface area contributed by atoms with Gasteiger partial charge in [-0.05, 0) is 6.42 Å². The first-order valence-corrected chi connectivity index (χ1v) is 3.04. The van der Waals surface area contributed by atoms with E-state index in [0.717, 1.165) is 0 Å². The highest BCUT2D eigenvalue weighted by Crippen LogP contribution is 1.96. The summed E-state index contributed by atoms with van der Waals surface area (Å²) in [4.78, 5) is 20.7. The molecule has 0 saturated heterocycles. The van der Waals surface area contributed by atoms with Crippen LogP contribution in [-0.4, -0.2) is 18.0 Å². The molecule has 0 aromatic heterocycles. The molecule has 0 saturated carbocycles. The molecule has 0 spiro atoms. The third-order valence-electron chi connectivity index (χ3n) is 0.996. The van der Waals surface area contributed by atoms with Gasteiger partial charge in [-0.3, -0.25) is 9.59 Å². The van der Waals surface area contributed by atoms with Crippen molar-refractivity contribution in [3.05, 3.63) is 0 Å². The van der Waals surface area contributed by atoms with Crippen molar-refractivity contribution in [2.45, 2.75) is 26.4 Å². The Morgan fingerprint density at radius 1 is 1.60 bits per heavy atom. The summed E-state index contributed by atoms with van der Waals surface area (Å²) >= 11 is 0. The third kappa shape index (κ3) is 3.06. The minimum absolute atomic E-state index is 0.426. The molecule has 1 amide bonds. The predicted octanol–water partition coefficient (Wildman–Crippen LogP) is -0.187. The van der Waals surface area contributed by atoms with E-state index in [1.807, 2.05) is 0 Å². The predicted molar refractivity (Wildman–Crippen MR) is 35.0 cm³/mol. The number of amides is 1. The van der Waals surface area contributed by atoms with Crippen molar-refractivity contribution in [3.8, 4) is 0 Å². The number of carbonyl (C=O) groups excluding carboxylic acids is 2. The molecule has 58 valence electrons. The van der Waals surface area contributed by atoms with Crippen LogP contribution in [0.1, 0.15) is 20.3 Å². The van der Waals surface area contributed by atoms with E-state index >= 15 is 0 Å². The summed E-state index contributed by atoms with van der Waals surface area (Å²) in [5.41, 5.74) is 4.88. The summed E-state index contributed by atoms with van der Waals surface area (Å²) in [7, 11) is 0. The fraction of sp³-hybridized carbons (Fsp3) is 0.667. The molecule has 0 aromatic rings. The van der Waals surface area contributed by atoms with Gasteiger partial charge in [-0.15, -0.1) is 0 Å². The van der Waals surface area contributed by atoms with Crippen LogP contribution >= 0.6 is 0 Å². The Labute approximate surface area is 59.3 Å². The standard InChI is InChI=1S/C6H11NO3/c1-3-5(6(7)9)10-4(2)8/h5H,3H2,1-2H3,(H2,7,9). The topological polar surface area (TPSA) is 69.4 Å². The van der Waals surface area contributed by atoms with E-state index in [0.29, 0.717) is 6.42 Å². The van der Waals surface area contributed by atoms with Crippen LogP contribution in [0.25, 0.3) is 0 Å². The van der Waals surface area contributed by atoms with Crippen molar-refractivity contribution >= 4 is 11.9 Å². The van der Waals surface area contributed by atoms with Gasteiger partial charge in [0.05, 0.1) is 0 Å². The van der Waals surface area contributed by atoms with E-state index in [-0.39, 0.29) is 0 Å². The number of nitrogens with two attached hydrogens (primary N) is 1. The maximum atomic E-state index is 10.4. The van der Waals surface area contributed by atoms with Gasteiger partial charge in [-0.1, -0.05) is 6.92 Å². The molecule has 0 aromatic carbocycles. The largest absolute Gasteiger partial charge is 0.452 e. The summed E-state index contributed by atoms with van der Waals surface area (Å²) in [6, 6.07) is 0. The first kappa shape index (κ1) is 8.94. The van der Waals surface area contributed by atoms with Crippen molar-refractivity contribution in [2.75, 3.05) is 0 Å². The van der Waals surface area contributed by atoms with Crippen molar-refractivity contribution in [3.63, 3.8) is 0 Å². The van der Waals surface area contributed by atoms with Gasteiger partial charge in [0.1, 0.15) is 0 Å². The number of hydrogen-bond acceptors (Lipinski definition) is 3.